The molecule has 1 N–H and O–H groups in total. The molecule has 2 aromatic rings. The van der Waals surface area contributed by atoms with Crippen molar-refractivity contribution in [3.63, 3.8) is 0 Å². The molecule has 0 aromatic heterocycles. The van der Waals surface area contributed by atoms with Crippen molar-refractivity contribution in [3.8, 4) is 0 Å². The van der Waals surface area contributed by atoms with Crippen LogP contribution in [0.15, 0.2) is 48.5 Å². The number of aryl methyl sites for hydroxylation is 2. The van der Waals surface area contributed by atoms with Gasteiger partial charge in [0.05, 0.1) is 6.42 Å². The number of nitrogens with zero attached hydrogens (tertiary/aromatic N) is 1. The summed E-state index contributed by atoms with van der Waals surface area (Å²) in [6, 6.07) is 15.4. The molecule has 138 valence electrons. The Morgan fingerprint density at radius 2 is 1.77 bits per heavy atom. The highest BCUT2D eigenvalue weighted by atomic mass is 16.2. The number of likely N-dealkylation sites (N-methyl/N-ethyl adjacent to an activating group) is 1. The van der Waals surface area contributed by atoms with Crippen LogP contribution in [0.1, 0.15) is 36.1 Å². The maximum absolute atomic E-state index is 13.1. The van der Waals surface area contributed by atoms with Gasteiger partial charge in [-0.25, -0.2) is 0 Å². The van der Waals surface area contributed by atoms with E-state index in [1.54, 1.807) is 11.8 Å². The topological polar surface area (TPSA) is 49.4 Å². The van der Waals surface area contributed by atoms with Crippen molar-refractivity contribution in [2.75, 3.05) is 6.54 Å². The molecule has 0 unspecified atom stereocenters. The number of rotatable bonds is 7. The Kier molecular flexibility index (Phi) is 6.96. The van der Waals surface area contributed by atoms with E-state index >= 15 is 0 Å². The summed E-state index contributed by atoms with van der Waals surface area (Å²) in [6.45, 7) is 8.67. The standard InChI is InChI=1S/C22H28N2O2/c1-5-23-22(26)18(4)24(15-19-9-7-6-8-10-19)21(25)14-20-13-16(2)11-12-17(20)3/h6-13,18H,5,14-15H2,1-4H3,(H,23,26)/t18-/m1/s1. The van der Waals surface area contributed by atoms with E-state index in [2.05, 4.69) is 5.32 Å². The van der Waals surface area contributed by atoms with Crippen molar-refractivity contribution >= 4 is 11.8 Å². The molecule has 0 aliphatic heterocycles. The molecule has 4 heteroatoms. The van der Waals surface area contributed by atoms with Crippen LogP contribution in [0.3, 0.4) is 0 Å². The Bertz CT molecular complexity index is 756. The Morgan fingerprint density at radius 1 is 1.08 bits per heavy atom. The van der Waals surface area contributed by atoms with E-state index in [9.17, 15) is 9.59 Å². The van der Waals surface area contributed by atoms with Gasteiger partial charge >= 0.3 is 0 Å². The SMILES string of the molecule is CCNC(=O)[C@@H](C)N(Cc1ccccc1)C(=O)Cc1cc(C)ccc1C. The monoisotopic (exact) mass is 352 g/mol. The maximum atomic E-state index is 13.1. The Hall–Kier alpha value is -2.62. The summed E-state index contributed by atoms with van der Waals surface area (Å²) in [6.07, 6.45) is 0.296. The highest BCUT2D eigenvalue weighted by Gasteiger charge is 2.26. The Morgan fingerprint density at radius 3 is 2.42 bits per heavy atom. The second kappa shape index (κ2) is 9.18. The lowest BCUT2D eigenvalue weighted by Gasteiger charge is -2.29. The fraction of sp³-hybridized carbons (Fsp3) is 0.364. The highest BCUT2D eigenvalue weighted by Crippen LogP contribution is 2.16. The molecule has 0 fully saturated rings. The van der Waals surface area contributed by atoms with Gasteiger partial charge in [-0.1, -0.05) is 54.1 Å². The van der Waals surface area contributed by atoms with Crippen molar-refractivity contribution in [1.29, 1.82) is 0 Å². The summed E-state index contributed by atoms with van der Waals surface area (Å²) >= 11 is 0. The molecular formula is C22H28N2O2. The van der Waals surface area contributed by atoms with Crippen LogP contribution in [0.4, 0.5) is 0 Å². The van der Waals surface area contributed by atoms with Crippen LogP contribution in [0, 0.1) is 13.8 Å². The summed E-state index contributed by atoms with van der Waals surface area (Å²) in [7, 11) is 0. The minimum atomic E-state index is -0.521. The first-order valence-corrected chi connectivity index (χ1v) is 9.09. The van der Waals surface area contributed by atoms with E-state index < -0.39 is 6.04 Å². The number of carbonyl (C=O) groups excluding carboxylic acids is 2. The molecule has 0 aliphatic rings. The van der Waals surface area contributed by atoms with Gasteiger partial charge in [0.25, 0.3) is 0 Å². The van der Waals surface area contributed by atoms with Gasteiger partial charge in [0.2, 0.25) is 11.8 Å². The van der Waals surface area contributed by atoms with Gasteiger partial charge in [-0.05, 0) is 44.4 Å². The van der Waals surface area contributed by atoms with Gasteiger partial charge < -0.3 is 10.2 Å². The first-order valence-electron chi connectivity index (χ1n) is 9.09. The smallest absolute Gasteiger partial charge is 0.242 e. The Balaban J connectivity index is 2.25. The Labute approximate surface area is 156 Å². The average molecular weight is 352 g/mol. The third-order valence-corrected chi connectivity index (χ3v) is 4.56. The molecule has 26 heavy (non-hydrogen) atoms. The molecule has 0 spiro atoms. The summed E-state index contributed by atoms with van der Waals surface area (Å²) in [4.78, 5) is 27.1. The molecule has 1 atom stereocenters. The van der Waals surface area contributed by atoms with Crippen LogP contribution in [0.25, 0.3) is 0 Å². The van der Waals surface area contributed by atoms with Crippen LogP contribution in [0.5, 0.6) is 0 Å². The summed E-state index contributed by atoms with van der Waals surface area (Å²) in [5.41, 5.74) is 4.24. The van der Waals surface area contributed by atoms with Crippen molar-refractivity contribution in [1.82, 2.24) is 10.2 Å². The van der Waals surface area contributed by atoms with Gasteiger partial charge in [0.1, 0.15) is 6.04 Å². The molecule has 0 saturated carbocycles. The number of hydrogen-bond donors (Lipinski definition) is 1. The molecule has 0 radical (unpaired) electrons. The molecule has 2 aromatic carbocycles. The molecule has 2 rings (SSSR count). The lowest BCUT2D eigenvalue weighted by atomic mass is 10.0. The number of benzene rings is 2. The predicted octanol–water partition coefficient (Wildman–Crippen LogP) is 3.40. The maximum Gasteiger partial charge on any atom is 0.242 e. The van der Waals surface area contributed by atoms with Crippen LogP contribution >= 0.6 is 0 Å². The number of nitrogens with one attached hydrogen (secondary N) is 1. The first kappa shape index (κ1) is 19.7. The van der Waals surface area contributed by atoms with Crippen LogP contribution in [-0.2, 0) is 22.6 Å². The van der Waals surface area contributed by atoms with Crippen molar-refractivity contribution in [3.05, 3.63) is 70.8 Å². The van der Waals surface area contributed by atoms with Crippen molar-refractivity contribution in [2.24, 2.45) is 0 Å². The fourth-order valence-electron chi connectivity index (χ4n) is 2.94. The van der Waals surface area contributed by atoms with Crippen LogP contribution in [-0.4, -0.2) is 29.3 Å². The lowest BCUT2D eigenvalue weighted by Crippen LogP contribution is -2.48. The van der Waals surface area contributed by atoms with E-state index in [0.29, 0.717) is 19.5 Å². The normalized spacial score (nSPS) is 11.7. The molecule has 0 bridgehead atoms. The minimum absolute atomic E-state index is 0.0405. The molecule has 2 amide bonds. The zero-order valence-electron chi connectivity index (χ0n) is 16.1. The molecule has 0 aliphatic carbocycles. The number of amides is 2. The second-order valence-electron chi connectivity index (χ2n) is 6.68. The second-order valence-corrected chi connectivity index (χ2v) is 6.68. The van der Waals surface area contributed by atoms with Gasteiger partial charge in [-0.3, -0.25) is 9.59 Å². The molecule has 4 nitrogen and oxygen atoms in total. The summed E-state index contributed by atoms with van der Waals surface area (Å²) in [5.74, 6) is -0.168. The van der Waals surface area contributed by atoms with Crippen molar-refractivity contribution < 1.29 is 9.59 Å². The fourth-order valence-corrected chi connectivity index (χ4v) is 2.94. The molecule has 0 saturated heterocycles. The van der Waals surface area contributed by atoms with Crippen molar-refractivity contribution in [2.45, 2.75) is 46.7 Å². The summed E-state index contributed by atoms with van der Waals surface area (Å²) in [5, 5.41) is 2.82. The number of hydrogen-bond acceptors (Lipinski definition) is 2. The third kappa shape index (κ3) is 5.19. The minimum Gasteiger partial charge on any atom is -0.355 e. The quantitative estimate of drug-likeness (QED) is 0.830. The molecular weight excluding hydrogens is 324 g/mol. The van der Waals surface area contributed by atoms with Gasteiger partial charge in [-0.15, -0.1) is 0 Å². The van der Waals surface area contributed by atoms with Crippen LogP contribution < -0.4 is 5.32 Å². The zero-order valence-corrected chi connectivity index (χ0v) is 16.1. The molecule has 0 heterocycles. The van der Waals surface area contributed by atoms with Gasteiger partial charge in [0, 0.05) is 13.1 Å². The van der Waals surface area contributed by atoms with E-state index in [4.69, 9.17) is 0 Å². The first-order chi connectivity index (χ1) is 12.4. The van der Waals surface area contributed by atoms with E-state index in [0.717, 1.165) is 22.3 Å². The van der Waals surface area contributed by atoms with E-state index in [1.807, 2.05) is 69.3 Å². The van der Waals surface area contributed by atoms with Crippen LogP contribution in [0.2, 0.25) is 0 Å². The van der Waals surface area contributed by atoms with Gasteiger partial charge in [0.15, 0.2) is 0 Å². The average Bonchev–Trinajstić information content (AvgIpc) is 2.63. The van der Waals surface area contributed by atoms with Gasteiger partial charge in [-0.2, -0.15) is 0 Å². The van der Waals surface area contributed by atoms with E-state index in [1.165, 1.54) is 0 Å². The van der Waals surface area contributed by atoms with E-state index in [-0.39, 0.29) is 11.8 Å². The third-order valence-electron chi connectivity index (χ3n) is 4.56. The highest BCUT2D eigenvalue weighted by molar-refractivity contribution is 5.88. The lowest BCUT2D eigenvalue weighted by molar-refractivity contribution is -0.140. The predicted molar refractivity (Wildman–Crippen MR) is 105 cm³/mol. The number of carbonyl (C=O) groups is 2. The zero-order chi connectivity index (χ0) is 19.1. The summed E-state index contributed by atoms with van der Waals surface area (Å²) < 4.78 is 0. The largest absolute Gasteiger partial charge is 0.355 e.